The molecule has 6 nitrogen and oxygen atoms in total. The highest BCUT2D eigenvalue weighted by molar-refractivity contribution is 14.0. The van der Waals surface area contributed by atoms with Gasteiger partial charge in [0.1, 0.15) is 0 Å². The second kappa shape index (κ2) is 11.8. The van der Waals surface area contributed by atoms with Gasteiger partial charge in [-0.25, -0.2) is 0 Å². The second-order valence-corrected chi connectivity index (χ2v) is 7.74. The average Bonchev–Trinajstić information content (AvgIpc) is 2.72. The first-order chi connectivity index (χ1) is 13.2. The maximum Gasteiger partial charge on any atom is 0.191 e. The van der Waals surface area contributed by atoms with Crippen molar-refractivity contribution in [3.8, 4) is 0 Å². The van der Waals surface area contributed by atoms with Crippen LogP contribution in [0.4, 0.5) is 5.69 Å². The van der Waals surface area contributed by atoms with Gasteiger partial charge in [0.2, 0.25) is 0 Å². The minimum Gasteiger partial charge on any atom is -0.378 e. The molecule has 3 rings (SSSR count). The lowest BCUT2D eigenvalue weighted by atomic mass is 10.0. The Morgan fingerprint density at radius 1 is 1.11 bits per heavy atom. The molecule has 2 saturated heterocycles. The number of rotatable bonds is 5. The van der Waals surface area contributed by atoms with Crippen LogP contribution in [0.5, 0.6) is 0 Å². The van der Waals surface area contributed by atoms with Crippen molar-refractivity contribution in [1.82, 2.24) is 15.5 Å². The van der Waals surface area contributed by atoms with Crippen molar-refractivity contribution < 1.29 is 4.74 Å². The van der Waals surface area contributed by atoms with Gasteiger partial charge >= 0.3 is 0 Å². The van der Waals surface area contributed by atoms with Crippen molar-refractivity contribution in [3.05, 3.63) is 29.8 Å². The van der Waals surface area contributed by atoms with Crippen LogP contribution >= 0.6 is 24.0 Å². The Bertz CT molecular complexity index is 593. The van der Waals surface area contributed by atoms with Gasteiger partial charge in [-0.3, -0.25) is 4.99 Å². The van der Waals surface area contributed by atoms with Crippen LogP contribution in [-0.2, 0) is 11.3 Å². The van der Waals surface area contributed by atoms with Crippen LogP contribution in [0.15, 0.2) is 29.3 Å². The molecule has 0 saturated carbocycles. The summed E-state index contributed by atoms with van der Waals surface area (Å²) in [5.41, 5.74) is 2.55. The van der Waals surface area contributed by atoms with Crippen LogP contribution in [-0.4, -0.2) is 69.4 Å². The second-order valence-electron chi connectivity index (χ2n) is 7.74. The van der Waals surface area contributed by atoms with Crippen molar-refractivity contribution in [2.75, 3.05) is 51.3 Å². The predicted octanol–water partition coefficient (Wildman–Crippen LogP) is 2.68. The van der Waals surface area contributed by atoms with E-state index in [2.05, 4.69) is 63.5 Å². The maximum atomic E-state index is 5.43. The zero-order valence-corrected chi connectivity index (χ0v) is 19.8. The molecular formula is C21H36IN5O. The van der Waals surface area contributed by atoms with Gasteiger partial charge in [-0.2, -0.15) is 0 Å². The molecule has 2 N–H and O–H groups in total. The molecule has 0 spiro atoms. The highest BCUT2D eigenvalue weighted by atomic mass is 127. The Hall–Kier alpha value is -1.06. The van der Waals surface area contributed by atoms with E-state index in [1.165, 1.54) is 24.1 Å². The van der Waals surface area contributed by atoms with Gasteiger partial charge in [0.05, 0.1) is 13.2 Å². The first-order valence-electron chi connectivity index (χ1n) is 10.3. The van der Waals surface area contributed by atoms with Crippen molar-refractivity contribution in [2.24, 2.45) is 4.99 Å². The minimum absolute atomic E-state index is 0. The van der Waals surface area contributed by atoms with Crippen LogP contribution in [0, 0.1) is 0 Å². The summed E-state index contributed by atoms with van der Waals surface area (Å²) in [6, 6.07) is 9.97. The summed E-state index contributed by atoms with van der Waals surface area (Å²) in [5, 5.41) is 7.05. The van der Waals surface area contributed by atoms with Gasteiger partial charge in [0, 0.05) is 57.5 Å². The summed E-state index contributed by atoms with van der Waals surface area (Å²) in [6.45, 7) is 11.3. The molecule has 1 aromatic rings. The van der Waals surface area contributed by atoms with Gasteiger partial charge in [-0.15, -0.1) is 24.0 Å². The molecule has 158 valence electrons. The fraction of sp³-hybridized carbons (Fsp3) is 0.667. The summed E-state index contributed by atoms with van der Waals surface area (Å²) in [4.78, 5) is 9.33. The molecule has 2 aliphatic rings. The highest BCUT2D eigenvalue weighted by Crippen LogP contribution is 2.17. The van der Waals surface area contributed by atoms with E-state index in [0.717, 1.165) is 51.9 Å². The SMILES string of the molecule is CN=C(NCc1ccc(N2CCOCC2)cc1)NC1CCN(C(C)C)CC1.I. The van der Waals surface area contributed by atoms with E-state index in [9.17, 15) is 0 Å². The van der Waals surface area contributed by atoms with Crippen LogP contribution in [0.2, 0.25) is 0 Å². The van der Waals surface area contributed by atoms with Crippen LogP contribution in [0.25, 0.3) is 0 Å². The van der Waals surface area contributed by atoms with E-state index >= 15 is 0 Å². The molecule has 0 radical (unpaired) electrons. The topological polar surface area (TPSA) is 52.1 Å². The molecule has 0 aliphatic carbocycles. The van der Waals surface area contributed by atoms with Crippen molar-refractivity contribution in [1.29, 1.82) is 0 Å². The highest BCUT2D eigenvalue weighted by Gasteiger charge is 2.21. The molecule has 0 amide bonds. The average molecular weight is 501 g/mol. The van der Waals surface area contributed by atoms with Gasteiger partial charge < -0.3 is 25.2 Å². The first kappa shape index (κ1) is 23.2. The summed E-state index contributed by atoms with van der Waals surface area (Å²) in [5.74, 6) is 0.898. The molecule has 2 aliphatic heterocycles. The van der Waals surface area contributed by atoms with Gasteiger partial charge in [-0.1, -0.05) is 12.1 Å². The number of likely N-dealkylation sites (tertiary alicyclic amines) is 1. The largest absolute Gasteiger partial charge is 0.378 e. The zero-order valence-electron chi connectivity index (χ0n) is 17.5. The molecule has 2 fully saturated rings. The van der Waals surface area contributed by atoms with Crippen molar-refractivity contribution >= 4 is 35.6 Å². The number of aliphatic imine (C=N–C) groups is 1. The number of morpholine rings is 1. The number of nitrogens with one attached hydrogen (secondary N) is 2. The first-order valence-corrected chi connectivity index (χ1v) is 10.3. The quantitative estimate of drug-likeness (QED) is 0.369. The van der Waals surface area contributed by atoms with Gasteiger partial charge in [0.25, 0.3) is 0 Å². The number of benzene rings is 1. The maximum absolute atomic E-state index is 5.43. The Balaban J connectivity index is 0.00000280. The Morgan fingerprint density at radius 3 is 2.32 bits per heavy atom. The molecule has 1 aromatic carbocycles. The van der Waals surface area contributed by atoms with Crippen LogP contribution in [0.3, 0.4) is 0 Å². The van der Waals surface area contributed by atoms with E-state index in [0.29, 0.717) is 12.1 Å². The van der Waals surface area contributed by atoms with E-state index in [4.69, 9.17) is 4.74 Å². The summed E-state index contributed by atoms with van der Waals surface area (Å²) in [7, 11) is 1.85. The number of hydrogen-bond donors (Lipinski definition) is 2. The molecule has 7 heteroatoms. The van der Waals surface area contributed by atoms with Gasteiger partial charge in [-0.05, 0) is 44.4 Å². The van der Waals surface area contributed by atoms with Crippen LogP contribution in [0.1, 0.15) is 32.3 Å². The fourth-order valence-corrected chi connectivity index (χ4v) is 3.78. The van der Waals surface area contributed by atoms with E-state index in [1.807, 2.05) is 7.05 Å². The molecular weight excluding hydrogens is 465 g/mol. The zero-order chi connectivity index (χ0) is 19.1. The summed E-state index contributed by atoms with van der Waals surface area (Å²) < 4.78 is 5.43. The molecule has 28 heavy (non-hydrogen) atoms. The number of hydrogen-bond acceptors (Lipinski definition) is 4. The van der Waals surface area contributed by atoms with E-state index in [-0.39, 0.29) is 24.0 Å². The number of ether oxygens (including phenoxy) is 1. The lowest BCUT2D eigenvalue weighted by Gasteiger charge is -2.35. The smallest absolute Gasteiger partial charge is 0.191 e. The Labute approximate surface area is 187 Å². The number of piperidine rings is 1. The van der Waals surface area contributed by atoms with E-state index < -0.39 is 0 Å². The Kier molecular flexibility index (Phi) is 9.81. The van der Waals surface area contributed by atoms with Gasteiger partial charge in [0.15, 0.2) is 5.96 Å². The predicted molar refractivity (Wildman–Crippen MR) is 128 cm³/mol. The molecule has 0 bridgehead atoms. The molecule has 2 heterocycles. The number of guanidine groups is 1. The molecule has 0 aromatic heterocycles. The lowest BCUT2D eigenvalue weighted by Crippen LogP contribution is -2.49. The summed E-state index contributed by atoms with van der Waals surface area (Å²) in [6.07, 6.45) is 2.35. The van der Waals surface area contributed by atoms with Crippen molar-refractivity contribution in [3.63, 3.8) is 0 Å². The number of nitrogens with zero attached hydrogens (tertiary/aromatic N) is 3. The van der Waals surface area contributed by atoms with Crippen LogP contribution < -0.4 is 15.5 Å². The fourth-order valence-electron chi connectivity index (χ4n) is 3.78. The van der Waals surface area contributed by atoms with Crippen molar-refractivity contribution in [2.45, 2.75) is 45.3 Å². The third kappa shape index (κ3) is 6.77. The lowest BCUT2D eigenvalue weighted by molar-refractivity contribution is 0.122. The standard InChI is InChI=1S/C21H35N5O.HI/c1-17(2)25-10-8-19(9-11-25)24-21(22-3)23-16-18-4-6-20(7-5-18)26-12-14-27-15-13-26;/h4-7,17,19H,8-16H2,1-3H3,(H2,22,23,24);1H. The third-order valence-electron chi connectivity index (χ3n) is 5.60. The minimum atomic E-state index is 0. The third-order valence-corrected chi connectivity index (χ3v) is 5.60. The molecule has 0 atom stereocenters. The Morgan fingerprint density at radius 2 is 1.75 bits per heavy atom. The number of halogens is 1. The molecule has 0 unspecified atom stereocenters. The normalized spacial score (nSPS) is 19.4. The monoisotopic (exact) mass is 501 g/mol. The summed E-state index contributed by atoms with van der Waals surface area (Å²) >= 11 is 0. The number of anilines is 1. The van der Waals surface area contributed by atoms with E-state index in [1.54, 1.807) is 0 Å².